The number of carbonyl (C=O) groups excluding carboxylic acids is 1. The number of benzene rings is 1. The van der Waals surface area contributed by atoms with E-state index in [0.29, 0.717) is 5.57 Å². The van der Waals surface area contributed by atoms with Crippen LogP contribution in [0.25, 0.3) is 0 Å². The van der Waals surface area contributed by atoms with Crippen molar-refractivity contribution < 1.29 is 23.8 Å². The lowest BCUT2D eigenvalue weighted by molar-refractivity contribution is -0.161. The maximum atomic E-state index is 13.0. The fraction of sp³-hybridized carbons (Fsp3) is 0.333. The Bertz CT molecular complexity index is 521. The number of hydrogen-bond acceptors (Lipinski definition) is 3. The minimum Gasteiger partial charge on any atom is -0.480 e. The van der Waals surface area contributed by atoms with Gasteiger partial charge in [0.2, 0.25) is 0 Å². The summed E-state index contributed by atoms with van der Waals surface area (Å²) in [5.41, 5.74) is -1.20. The average Bonchev–Trinajstić information content (AvgIpc) is 2.36. The molecule has 1 unspecified atom stereocenters. The van der Waals surface area contributed by atoms with E-state index in [1.807, 2.05) is 0 Å². The number of hydrogen-bond donors (Lipinski definition) is 1. The van der Waals surface area contributed by atoms with Gasteiger partial charge in [-0.3, -0.25) is 9.59 Å². The summed E-state index contributed by atoms with van der Waals surface area (Å²) >= 11 is 0. The molecule has 1 atom stereocenters. The van der Waals surface area contributed by atoms with Crippen molar-refractivity contribution in [3.8, 4) is 0 Å². The van der Waals surface area contributed by atoms with Gasteiger partial charge in [0, 0.05) is 0 Å². The second-order valence-corrected chi connectivity index (χ2v) is 4.57. The molecule has 0 heterocycles. The Balaban J connectivity index is 3.43. The number of ether oxygens (including phenoxy) is 1. The summed E-state index contributed by atoms with van der Waals surface area (Å²) in [6.45, 7) is 6.94. The summed E-state index contributed by atoms with van der Waals surface area (Å²) in [5, 5.41) is 9.56. The Hall–Kier alpha value is -2.17. The van der Waals surface area contributed by atoms with Gasteiger partial charge in [0.25, 0.3) is 0 Å². The highest BCUT2D eigenvalue weighted by Crippen LogP contribution is 2.33. The van der Waals surface area contributed by atoms with E-state index in [1.165, 1.54) is 12.1 Å². The second kappa shape index (κ2) is 6.32. The molecule has 0 saturated carbocycles. The first-order valence-electron chi connectivity index (χ1n) is 6.15. The lowest BCUT2D eigenvalue weighted by Crippen LogP contribution is -2.45. The standard InChI is InChI=1S/C15H17FO4/c1-4-20-14(19)15(13(17)18,9-10(2)3)11-5-7-12(16)8-6-11/h5-8H,2,4,9H2,1,3H3,(H,17,18). The molecule has 5 heteroatoms. The molecule has 1 rings (SSSR count). The third-order valence-electron chi connectivity index (χ3n) is 2.89. The van der Waals surface area contributed by atoms with E-state index in [1.54, 1.807) is 13.8 Å². The first-order chi connectivity index (χ1) is 9.34. The molecule has 0 aliphatic heterocycles. The number of esters is 1. The Morgan fingerprint density at radius 3 is 2.30 bits per heavy atom. The Morgan fingerprint density at radius 1 is 1.35 bits per heavy atom. The van der Waals surface area contributed by atoms with Gasteiger partial charge < -0.3 is 9.84 Å². The maximum Gasteiger partial charge on any atom is 0.328 e. The van der Waals surface area contributed by atoms with Crippen molar-refractivity contribution in [2.45, 2.75) is 25.7 Å². The highest BCUT2D eigenvalue weighted by molar-refractivity contribution is 6.05. The average molecular weight is 280 g/mol. The van der Waals surface area contributed by atoms with E-state index in [9.17, 15) is 19.1 Å². The first kappa shape index (κ1) is 15.9. The van der Waals surface area contributed by atoms with Crippen LogP contribution in [0.1, 0.15) is 25.8 Å². The minimum atomic E-state index is -1.89. The van der Waals surface area contributed by atoms with Gasteiger partial charge in [0.15, 0.2) is 5.41 Å². The molecule has 4 nitrogen and oxygen atoms in total. The third-order valence-corrected chi connectivity index (χ3v) is 2.89. The number of halogens is 1. The second-order valence-electron chi connectivity index (χ2n) is 4.57. The fourth-order valence-corrected chi connectivity index (χ4v) is 2.02. The topological polar surface area (TPSA) is 63.6 Å². The molecule has 0 aromatic heterocycles. The summed E-state index contributed by atoms with van der Waals surface area (Å²) in [5.74, 6) is -2.72. The molecule has 0 aliphatic carbocycles. The molecule has 108 valence electrons. The van der Waals surface area contributed by atoms with Crippen molar-refractivity contribution in [1.82, 2.24) is 0 Å². The van der Waals surface area contributed by atoms with Crippen LogP contribution in [0.3, 0.4) is 0 Å². The minimum absolute atomic E-state index is 0.0608. The van der Waals surface area contributed by atoms with Gasteiger partial charge in [-0.15, -0.1) is 6.58 Å². The van der Waals surface area contributed by atoms with Crippen LogP contribution in [0.2, 0.25) is 0 Å². The molecule has 0 bridgehead atoms. The first-order valence-corrected chi connectivity index (χ1v) is 6.15. The zero-order valence-corrected chi connectivity index (χ0v) is 11.5. The lowest BCUT2D eigenvalue weighted by atomic mass is 9.75. The van der Waals surface area contributed by atoms with Crippen molar-refractivity contribution in [2.24, 2.45) is 0 Å². The van der Waals surface area contributed by atoms with Gasteiger partial charge in [-0.1, -0.05) is 17.7 Å². The molecule has 0 saturated heterocycles. The van der Waals surface area contributed by atoms with Crippen molar-refractivity contribution in [3.63, 3.8) is 0 Å². The monoisotopic (exact) mass is 280 g/mol. The van der Waals surface area contributed by atoms with E-state index in [-0.39, 0.29) is 18.6 Å². The highest BCUT2D eigenvalue weighted by Gasteiger charge is 2.49. The van der Waals surface area contributed by atoms with Gasteiger partial charge in [0.05, 0.1) is 6.61 Å². The van der Waals surface area contributed by atoms with Crippen LogP contribution < -0.4 is 0 Å². The molecule has 20 heavy (non-hydrogen) atoms. The predicted molar refractivity (Wildman–Crippen MR) is 71.8 cm³/mol. The molecular formula is C15H17FO4. The normalized spacial score (nSPS) is 13.3. The van der Waals surface area contributed by atoms with Gasteiger partial charge in [-0.2, -0.15) is 0 Å². The van der Waals surface area contributed by atoms with Crippen LogP contribution in [-0.4, -0.2) is 23.7 Å². The highest BCUT2D eigenvalue weighted by atomic mass is 19.1. The van der Waals surface area contributed by atoms with Crippen LogP contribution in [0.4, 0.5) is 4.39 Å². The van der Waals surface area contributed by atoms with Crippen LogP contribution >= 0.6 is 0 Å². The molecule has 0 amide bonds. The van der Waals surface area contributed by atoms with Crippen LogP contribution in [0.15, 0.2) is 36.4 Å². The number of carbonyl (C=O) groups is 2. The molecule has 0 fully saturated rings. The summed E-state index contributed by atoms with van der Waals surface area (Å²) in [6, 6.07) is 4.79. The third kappa shape index (κ3) is 3.04. The van der Waals surface area contributed by atoms with Crippen molar-refractivity contribution in [2.75, 3.05) is 6.61 Å². The number of allylic oxidation sites excluding steroid dienone is 1. The fourth-order valence-electron chi connectivity index (χ4n) is 2.02. The molecule has 1 aromatic rings. The predicted octanol–water partition coefficient (Wildman–Crippen LogP) is 2.68. The van der Waals surface area contributed by atoms with E-state index >= 15 is 0 Å². The summed E-state index contributed by atoms with van der Waals surface area (Å²) < 4.78 is 17.9. The SMILES string of the molecule is C=C(C)CC(C(=O)O)(C(=O)OCC)c1ccc(F)cc1. The number of carboxylic acids is 1. The number of rotatable bonds is 6. The van der Waals surface area contributed by atoms with Gasteiger partial charge in [-0.25, -0.2) is 4.39 Å². The van der Waals surface area contributed by atoms with Gasteiger partial charge in [-0.05, 0) is 38.0 Å². The molecule has 1 aromatic carbocycles. The van der Waals surface area contributed by atoms with E-state index in [2.05, 4.69) is 6.58 Å². The summed E-state index contributed by atoms with van der Waals surface area (Å²) in [7, 11) is 0. The zero-order valence-electron chi connectivity index (χ0n) is 11.5. The van der Waals surface area contributed by atoms with Crippen molar-refractivity contribution in [1.29, 1.82) is 0 Å². The Morgan fingerprint density at radius 2 is 1.90 bits per heavy atom. The van der Waals surface area contributed by atoms with Crippen LogP contribution in [0.5, 0.6) is 0 Å². The number of aliphatic carboxylic acids is 1. The molecule has 0 aliphatic rings. The van der Waals surface area contributed by atoms with E-state index < -0.39 is 23.2 Å². The van der Waals surface area contributed by atoms with Crippen molar-refractivity contribution in [3.05, 3.63) is 47.8 Å². The van der Waals surface area contributed by atoms with Gasteiger partial charge in [0.1, 0.15) is 5.82 Å². The van der Waals surface area contributed by atoms with E-state index in [0.717, 1.165) is 12.1 Å². The molecule has 0 radical (unpaired) electrons. The largest absolute Gasteiger partial charge is 0.480 e. The van der Waals surface area contributed by atoms with Crippen LogP contribution in [0, 0.1) is 5.82 Å². The summed E-state index contributed by atoms with van der Waals surface area (Å²) in [6.07, 6.45) is -0.104. The van der Waals surface area contributed by atoms with Gasteiger partial charge >= 0.3 is 11.9 Å². The van der Waals surface area contributed by atoms with E-state index in [4.69, 9.17) is 4.74 Å². The summed E-state index contributed by atoms with van der Waals surface area (Å²) in [4.78, 5) is 23.9. The molecular weight excluding hydrogens is 263 g/mol. The zero-order chi connectivity index (χ0) is 15.3. The molecule has 1 N–H and O–H groups in total. The quantitative estimate of drug-likeness (QED) is 0.494. The lowest BCUT2D eigenvalue weighted by Gasteiger charge is -2.27. The number of carboxylic acid groups (broad SMARTS) is 1. The van der Waals surface area contributed by atoms with Crippen molar-refractivity contribution >= 4 is 11.9 Å². The maximum absolute atomic E-state index is 13.0. The molecule has 0 spiro atoms. The smallest absolute Gasteiger partial charge is 0.328 e. The van der Waals surface area contributed by atoms with Crippen LogP contribution in [-0.2, 0) is 19.7 Å². The Labute approximate surface area is 116 Å². The Kier molecular flexibility index (Phi) is 5.02.